The van der Waals surface area contributed by atoms with E-state index in [1.807, 2.05) is 12.1 Å². The quantitative estimate of drug-likeness (QED) is 0.720. The molecule has 2 aromatic carbocycles. The maximum absolute atomic E-state index is 6.22. The molecule has 3 aromatic rings. The summed E-state index contributed by atoms with van der Waals surface area (Å²) in [6, 6.07) is 10.8. The Morgan fingerprint density at radius 2 is 1.95 bits per heavy atom. The summed E-state index contributed by atoms with van der Waals surface area (Å²) < 4.78 is 16.4. The molecule has 2 heterocycles. The summed E-state index contributed by atoms with van der Waals surface area (Å²) in [6.07, 6.45) is 1.45. The second-order valence-electron chi connectivity index (χ2n) is 4.43. The van der Waals surface area contributed by atoms with Crippen LogP contribution in [0.1, 0.15) is 0 Å². The molecule has 6 heteroatoms. The topological polar surface area (TPSA) is 53.5 Å². The highest BCUT2D eigenvalue weighted by Gasteiger charge is 2.15. The predicted octanol–water partition coefficient (Wildman–Crippen LogP) is 3.80. The highest BCUT2D eigenvalue weighted by Crippen LogP contribution is 2.38. The Balaban J connectivity index is 1.78. The standard InChI is InChI=1S/C15H9ClN2O3/c16-10-2-1-3-11-14(10)15(18-7-17-11)21-9-4-5-12-13(6-9)20-8-19-12/h1-7H,8H2. The fourth-order valence-electron chi connectivity index (χ4n) is 2.17. The molecule has 1 aliphatic rings. The lowest BCUT2D eigenvalue weighted by molar-refractivity contribution is 0.174. The number of hydrogen-bond acceptors (Lipinski definition) is 5. The molecule has 0 radical (unpaired) electrons. The van der Waals surface area contributed by atoms with Crippen LogP contribution in [0.4, 0.5) is 0 Å². The Labute approximate surface area is 125 Å². The predicted molar refractivity (Wildman–Crippen MR) is 77.2 cm³/mol. The van der Waals surface area contributed by atoms with Gasteiger partial charge in [-0.2, -0.15) is 0 Å². The third kappa shape index (κ3) is 2.11. The zero-order valence-electron chi connectivity index (χ0n) is 10.7. The second-order valence-corrected chi connectivity index (χ2v) is 4.84. The number of ether oxygens (including phenoxy) is 3. The summed E-state index contributed by atoms with van der Waals surface area (Å²) >= 11 is 6.22. The molecular formula is C15H9ClN2O3. The van der Waals surface area contributed by atoms with Gasteiger partial charge in [-0.1, -0.05) is 17.7 Å². The summed E-state index contributed by atoms with van der Waals surface area (Å²) in [5.41, 5.74) is 0.730. The van der Waals surface area contributed by atoms with E-state index in [0.717, 1.165) is 5.52 Å². The number of hydrogen-bond donors (Lipinski definition) is 0. The zero-order valence-corrected chi connectivity index (χ0v) is 11.5. The average Bonchev–Trinajstić information content (AvgIpc) is 2.95. The van der Waals surface area contributed by atoms with Crippen LogP contribution in [0, 0.1) is 0 Å². The van der Waals surface area contributed by atoms with Crippen molar-refractivity contribution in [2.75, 3.05) is 6.79 Å². The van der Waals surface area contributed by atoms with Crippen molar-refractivity contribution in [3.8, 4) is 23.1 Å². The van der Waals surface area contributed by atoms with E-state index in [0.29, 0.717) is 33.5 Å². The third-order valence-electron chi connectivity index (χ3n) is 3.14. The van der Waals surface area contributed by atoms with E-state index in [4.69, 9.17) is 25.8 Å². The maximum Gasteiger partial charge on any atom is 0.231 e. The van der Waals surface area contributed by atoms with E-state index in [1.165, 1.54) is 6.33 Å². The maximum atomic E-state index is 6.22. The highest BCUT2D eigenvalue weighted by molar-refractivity contribution is 6.35. The minimum Gasteiger partial charge on any atom is -0.454 e. The van der Waals surface area contributed by atoms with Crippen LogP contribution in [0.2, 0.25) is 5.02 Å². The number of aromatic nitrogens is 2. The number of rotatable bonds is 2. The molecule has 21 heavy (non-hydrogen) atoms. The molecule has 104 valence electrons. The van der Waals surface area contributed by atoms with E-state index in [1.54, 1.807) is 24.3 Å². The minimum atomic E-state index is 0.223. The van der Waals surface area contributed by atoms with Crippen LogP contribution in [0.3, 0.4) is 0 Å². The van der Waals surface area contributed by atoms with Gasteiger partial charge in [0.25, 0.3) is 0 Å². The first kappa shape index (κ1) is 12.2. The summed E-state index contributed by atoms with van der Waals surface area (Å²) in [6.45, 7) is 0.223. The van der Waals surface area contributed by atoms with Crippen LogP contribution < -0.4 is 14.2 Å². The van der Waals surface area contributed by atoms with Gasteiger partial charge in [0.1, 0.15) is 12.1 Å². The molecule has 0 bridgehead atoms. The lowest BCUT2D eigenvalue weighted by Crippen LogP contribution is -1.93. The molecule has 0 atom stereocenters. The number of fused-ring (bicyclic) bond motifs is 2. The molecule has 0 N–H and O–H groups in total. The van der Waals surface area contributed by atoms with E-state index < -0.39 is 0 Å². The van der Waals surface area contributed by atoms with Crippen molar-refractivity contribution >= 4 is 22.5 Å². The van der Waals surface area contributed by atoms with Crippen molar-refractivity contribution in [2.24, 2.45) is 0 Å². The Morgan fingerprint density at radius 1 is 1.05 bits per heavy atom. The second kappa shape index (κ2) is 4.79. The van der Waals surface area contributed by atoms with Gasteiger partial charge in [-0.25, -0.2) is 9.97 Å². The van der Waals surface area contributed by atoms with Gasteiger partial charge in [0.05, 0.1) is 15.9 Å². The van der Waals surface area contributed by atoms with Gasteiger partial charge in [-0.3, -0.25) is 0 Å². The minimum absolute atomic E-state index is 0.223. The summed E-state index contributed by atoms with van der Waals surface area (Å²) in [7, 11) is 0. The van der Waals surface area contributed by atoms with Crippen molar-refractivity contribution in [3.63, 3.8) is 0 Å². The molecule has 0 saturated heterocycles. The summed E-state index contributed by atoms with van der Waals surface area (Å²) in [5.74, 6) is 2.36. The van der Waals surface area contributed by atoms with Gasteiger partial charge in [-0.15, -0.1) is 0 Å². The van der Waals surface area contributed by atoms with Crippen LogP contribution in [-0.4, -0.2) is 16.8 Å². The van der Waals surface area contributed by atoms with Crippen LogP contribution >= 0.6 is 11.6 Å². The molecule has 0 amide bonds. The lowest BCUT2D eigenvalue weighted by Gasteiger charge is -2.08. The van der Waals surface area contributed by atoms with Gasteiger partial charge < -0.3 is 14.2 Å². The fourth-order valence-corrected chi connectivity index (χ4v) is 2.42. The molecule has 1 aromatic heterocycles. The summed E-state index contributed by atoms with van der Waals surface area (Å²) in [4.78, 5) is 8.35. The fraction of sp³-hybridized carbons (Fsp3) is 0.0667. The van der Waals surface area contributed by atoms with Gasteiger partial charge >= 0.3 is 0 Å². The van der Waals surface area contributed by atoms with Crippen LogP contribution in [0.15, 0.2) is 42.7 Å². The Hall–Kier alpha value is -2.53. The van der Waals surface area contributed by atoms with Crippen molar-refractivity contribution in [1.29, 1.82) is 0 Å². The largest absolute Gasteiger partial charge is 0.454 e. The zero-order chi connectivity index (χ0) is 14.2. The van der Waals surface area contributed by atoms with Crippen molar-refractivity contribution < 1.29 is 14.2 Å². The average molecular weight is 301 g/mol. The molecule has 4 rings (SSSR count). The SMILES string of the molecule is Clc1cccc2ncnc(Oc3ccc4c(c3)OCO4)c12. The Kier molecular flexibility index (Phi) is 2.79. The third-order valence-corrected chi connectivity index (χ3v) is 3.45. The van der Waals surface area contributed by atoms with Crippen molar-refractivity contribution in [1.82, 2.24) is 9.97 Å². The van der Waals surface area contributed by atoms with Gasteiger partial charge in [0.15, 0.2) is 11.5 Å². The smallest absolute Gasteiger partial charge is 0.231 e. The van der Waals surface area contributed by atoms with Crippen LogP contribution in [0.25, 0.3) is 10.9 Å². The molecule has 1 aliphatic heterocycles. The molecule has 0 saturated carbocycles. The van der Waals surface area contributed by atoms with E-state index in [-0.39, 0.29) is 6.79 Å². The van der Waals surface area contributed by atoms with E-state index in [9.17, 15) is 0 Å². The Morgan fingerprint density at radius 3 is 2.90 bits per heavy atom. The van der Waals surface area contributed by atoms with Crippen molar-refractivity contribution in [2.45, 2.75) is 0 Å². The highest BCUT2D eigenvalue weighted by atomic mass is 35.5. The van der Waals surface area contributed by atoms with Gasteiger partial charge in [0.2, 0.25) is 12.7 Å². The molecule has 0 spiro atoms. The molecule has 5 nitrogen and oxygen atoms in total. The first-order valence-electron chi connectivity index (χ1n) is 6.28. The van der Waals surface area contributed by atoms with Gasteiger partial charge in [-0.05, 0) is 24.3 Å². The number of nitrogens with zero attached hydrogens (tertiary/aromatic N) is 2. The molecule has 0 unspecified atom stereocenters. The number of benzene rings is 2. The molecular weight excluding hydrogens is 292 g/mol. The number of halogens is 1. The summed E-state index contributed by atoms with van der Waals surface area (Å²) in [5, 5.41) is 1.23. The Bertz CT molecular complexity index is 833. The normalized spacial score (nSPS) is 12.6. The van der Waals surface area contributed by atoms with E-state index >= 15 is 0 Å². The van der Waals surface area contributed by atoms with Crippen molar-refractivity contribution in [3.05, 3.63) is 47.7 Å². The monoisotopic (exact) mass is 300 g/mol. The first-order valence-corrected chi connectivity index (χ1v) is 6.66. The lowest BCUT2D eigenvalue weighted by atomic mass is 10.2. The first-order chi connectivity index (χ1) is 10.3. The van der Waals surface area contributed by atoms with E-state index in [2.05, 4.69) is 9.97 Å². The van der Waals surface area contributed by atoms with Crippen LogP contribution in [-0.2, 0) is 0 Å². The molecule has 0 aliphatic carbocycles. The van der Waals surface area contributed by atoms with Gasteiger partial charge in [0, 0.05) is 6.07 Å². The molecule has 0 fully saturated rings. The van der Waals surface area contributed by atoms with Crippen LogP contribution in [0.5, 0.6) is 23.1 Å².